The van der Waals surface area contributed by atoms with E-state index in [9.17, 15) is 25.5 Å². The van der Waals surface area contributed by atoms with Crippen LogP contribution in [-0.2, 0) is 28.4 Å². The van der Waals surface area contributed by atoms with Gasteiger partial charge < -0.3 is 93.0 Å². The summed E-state index contributed by atoms with van der Waals surface area (Å²) in [5.41, 5.74) is 30.6. The summed E-state index contributed by atoms with van der Waals surface area (Å²) in [6.45, 7) is 1.55. The number of hydrogen-bond donors (Lipinski definition) is 12. The average molecular weight is 641 g/mol. The van der Waals surface area contributed by atoms with Gasteiger partial charge in [0.1, 0.15) is 48.8 Å². The summed E-state index contributed by atoms with van der Waals surface area (Å²) in [5.74, 6) is 0. The Morgan fingerprint density at radius 1 is 0.727 bits per heavy atom. The average Bonchev–Trinajstić information content (AvgIpc) is 3.30. The molecule has 4 fully saturated rings. The normalized spacial score (nSPS) is 49.2. The van der Waals surface area contributed by atoms with Crippen molar-refractivity contribution in [1.29, 1.82) is 0 Å². The molecule has 0 aromatic heterocycles. The van der Waals surface area contributed by atoms with Gasteiger partial charge in [0.05, 0.1) is 37.5 Å². The molecule has 1 saturated carbocycles. The SMILES string of the molecule is C[C@H](NCCO)[C@@H]1CC[C@@H](N)[C@@H](O[C@H]2[C@H](O[C@@H]3O[C@H](CO)[C@@H](O[C@H]4O[C@@H](CN)[C@@H](O)[C@H](O)[C@H]4N)[C@H]3O)[C@@H](O)[C@H](N)C[C@@H]2N)O1. The van der Waals surface area contributed by atoms with E-state index in [-0.39, 0.29) is 31.7 Å². The first-order valence-corrected chi connectivity index (χ1v) is 15.2. The predicted molar refractivity (Wildman–Crippen MR) is 151 cm³/mol. The fourth-order valence-electron chi connectivity index (χ4n) is 6.23. The smallest absolute Gasteiger partial charge is 0.187 e. The maximum atomic E-state index is 11.2. The molecule has 3 saturated heterocycles. The van der Waals surface area contributed by atoms with Gasteiger partial charge in [-0.2, -0.15) is 0 Å². The minimum absolute atomic E-state index is 0.0253. The Morgan fingerprint density at radius 3 is 2.05 bits per heavy atom. The van der Waals surface area contributed by atoms with Gasteiger partial charge in [-0.15, -0.1) is 0 Å². The summed E-state index contributed by atoms with van der Waals surface area (Å²) < 4.78 is 35.8. The van der Waals surface area contributed by atoms with Crippen molar-refractivity contribution < 1.29 is 59.1 Å². The molecule has 44 heavy (non-hydrogen) atoms. The molecule has 18 atom stereocenters. The van der Waals surface area contributed by atoms with E-state index < -0.39 is 105 Å². The third kappa shape index (κ3) is 7.87. The first-order valence-electron chi connectivity index (χ1n) is 15.2. The molecule has 3 heterocycles. The zero-order chi connectivity index (χ0) is 32.3. The lowest BCUT2D eigenvalue weighted by Crippen LogP contribution is -2.65. The summed E-state index contributed by atoms with van der Waals surface area (Å²) in [4.78, 5) is 0. The molecule has 0 aromatic carbocycles. The Balaban J connectivity index is 1.46. The molecule has 3 aliphatic heterocycles. The lowest BCUT2D eigenvalue weighted by atomic mass is 9.84. The first kappa shape index (κ1) is 36.1. The van der Waals surface area contributed by atoms with E-state index in [2.05, 4.69) is 5.32 Å². The quantitative estimate of drug-likeness (QED) is 0.0942. The summed E-state index contributed by atoms with van der Waals surface area (Å²) in [7, 11) is 0. The molecular formula is C26H52N6O12. The van der Waals surface area contributed by atoms with E-state index in [1.54, 1.807) is 0 Å². The number of hydrogen-bond acceptors (Lipinski definition) is 18. The molecule has 0 unspecified atom stereocenters. The van der Waals surface area contributed by atoms with E-state index in [0.29, 0.717) is 19.4 Å². The van der Waals surface area contributed by atoms with Gasteiger partial charge >= 0.3 is 0 Å². The lowest BCUT2D eigenvalue weighted by Gasteiger charge is -2.46. The third-order valence-electron chi connectivity index (χ3n) is 8.97. The highest BCUT2D eigenvalue weighted by Crippen LogP contribution is 2.34. The summed E-state index contributed by atoms with van der Waals surface area (Å²) in [5, 5.41) is 65.1. The minimum Gasteiger partial charge on any atom is -0.395 e. The van der Waals surface area contributed by atoms with Crippen molar-refractivity contribution in [3.8, 4) is 0 Å². The van der Waals surface area contributed by atoms with Gasteiger partial charge in [0.15, 0.2) is 18.9 Å². The predicted octanol–water partition coefficient (Wildman–Crippen LogP) is -6.83. The molecule has 18 heteroatoms. The minimum atomic E-state index is -1.54. The lowest BCUT2D eigenvalue weighted by molar-refractivity contribution is -0.290. The number of aliphatic hydroxyl groups excluding tert-OH is 6. The summed E-state index contributed by atoms with van der Waals surface area (Å²) in [6.07, 6.45) is -13.7. The van der Waals surface area contributed by atoms with E-state index >= 15 is 0 Å². The second-order valence-electron chi connectivity index (χ2n) is 12.2. The van der Waals surface area contributed by atoms with Crippen molar-refractivity contribution in [3.05, 3.63) is 0 Å². The van der Waals surface area contributed by atoms with Crippen LogP contribution in [0.2, 0.25) is 0 Å². The summed E-state index contributed by atoms with van der Waals surface area (Å²) >= 11 is 0. The Bertz CT molecular complexity index is 885. The Morgan fingerprint density at radius 2 is 1.39 bits per heavy atom. The van der Waals surface area contributed by atoms with Gasteiger partial charge in [-0.3, -0.25) is 0 Å². The van der Waals surface area contributed by atoms with Gasteiger partial charge in [-0.05, 0) is 26.2 Å². The van der Waals surface area contributed by atoms with Crippen molar-refractivity contribution in [2.24, 2.45) is 28.7 Å². The second-order valence-corrected chi connectivity index (χ2v) is 12.2. The number of nitrogens with two attached hydrogens (primary N) is 5. The van der Waals surface area contributed by atoms with Gasteiger partial charge in [0.25, 0.3) is 0 Å². The largest absolute Gasteiger partial charge is 0.395 e. The van der Waals surface area contributed by atoms with E-state index in [4.69, 9.17) is 62.2 Å². The molecule has 18 nitrogen and oxygen atoms in total. The molecular weight excluding hydrogens is 588 g/mol. The number of rotatable bonds is 12. The molecule has 4 rings (SSSR count). The topological polar surface area (TPSA) is 319 Å². The molecule has 0 spiro atoms. The van der Waals surface area contributed by atoms with Gasteiger partial charge in [-0.25, -0.2) is 0 Å². The van der Waals surface area contributed by atoms with Crippen LogP contribution in [0.15, 0.2) is 0 Å². The first-order chi connectivity index (χ1) is 20.9. The van der Waals surface area contributed by atoms with Crippen LogP contribution in [0, 0.1) is 0 Å². The third-order valence-corrected chi connectivity index (χ3v) is 8.97. The maximum absolute atomic E-state index is 11.2. The fraction of sp³-hybridized carbons (Fsp3) is 1.00. The van der Waals surface area contributed by atoms with E-state index in [0.717, 1.165) is 0 Å². The standard InChI is InChI=1S/C26H52N6O12/c1-9(32-4-5-33)13-3-2-10(28)24(39-13)42-21-12(30)6-11(29)17(35)23(21)44-26-20(38)22(15(8-34)41-26)43-25-16(31)19(37)18(36)14(7-27)40-25/h9-26,32-38H,2-8,27-31H2,1H3/t9-,10+,11+,12-,13-,14-,15+,16+,17-,18+,19+,20+,21+,22+,23+,24+,25+,26-/m0/s1. The maximum Gasteiger partial charge on any atom is 0.187 e. The fourth-order valence-corrected chi connectivity index (χ4v) is 6.23. The van der Waals surface area contributed by atoms with Gasteiger partial charge in [-0.1, -0.05) is 0 Å². The van der Waals surface area contributed by atoms with Crippen LogP contribution >= 0.6 is 0 Å². The van der Waals surface area contributed by atoms with Crippen molar-refractivity contribution in [2.45, 2.75) is 136 Å². The highest BCUT2D eigenvalue weighted by Gasteiger charge is 2.53. The van der Waals surface area contributed by atoms with E-state index in [1.807, 2.05) is 6.92 Å². The molecule has 0 bridgehead atoms. The molecule has 1 aliphatic carbocycles. The molecule has 0 aromatic rings. The molecule has 4 aliphatic rings. The van der Waals surface area contributed by atoms with Crippen molar-refractivity contribution in [3.63, 3.8) is 0 Å². The van der Waals surface area contributed by atoms with Crippen molar-refractivity contribution >= 4 is 0 Å². The molecule has 258 valence electrons. The van der Waals surface area contributed by atoms with Crippen LogP contribution in [0.25, 0.3) is 0 Å². The van der Waals surface area contributed by atoms with Gasteiger partial charge in [0, 0.05) is 31.2 Å². The Hall–Kier alpha value is -0.720. The van der Waals surface area contributed by atoms with Crippen molar-refractivity contribution in [1.82, 2.24) is 5.32 Å². The Labute approximate surface area is 256 Å². The molecule has 0 amide bonds. The highest BCUT2D eigenvalue weighted by molar-refractivity contribution is 5.01. The van der Waals surface area contributed by atoms with Gasteiger partial charge in [0.2, 0.25) is 0 Å². The van der Waals surface area contributed by atoms with Crippen molar-refractivity contribution in [2.75, 3.05) is 26.3 Å². The van der Waals surface area contributed by atoms with Crippen LogP contribution in [0.4, 0.5) is 0 Å². The highest BCUT2D eigenvalue weighted by atomic mass is 16.8. The van der Waals surface area contributed by atoms with Crippen LogP contribution in [0.3, 0.4) is 0 Å². The zero-order valence-corrected chi connectivity index (χ0v) is 24.9. The molecule has 17 N–H and O–H groups in total. The molecule has 0 radical (unpaired) electrons. The summed E-state index contributed by atoms with van der Waals surface area (Å²) in [6, 6.07) is -3.33. The number of ether oxygens (including phenoxy) is 6. The monoisotopic (exact) mass is 640 g/mol. The number of aliphatic hydroxyl groups is 6. The van der Waals surface area contributed by atoms with Crippen LogP contribution in [0.1, 0.15) is 26.2 Å². The van der Waals surface area contributed by atoms with Crippen LogP contribution in [-0.4, -0.2) is 167 Å². The van der Waals surface area contributed by atoms with E-state index in [1.165, 1.54) is 0 Å². The Kier molecular flexibility index (Phi) is 13.1. The number of nitrogens with one attached hydrogen (secondary N) is 1. The van der Waals surface area contributed by atoms with Crippen LogP contribution < -0.4 is 34.0 Å². The second kappa shape index (κ2) is 15.9. The zero-order valence-electron chi connectivity index (χ0n) is 24.9. The van der Waals surface area contributed by atoms with Crippen LogP contribution in [0.5, 0.6) is 0 Å².